The van der Waals surface area contributed by atoms with Gasteiger partial charge in [0.05, 0.1) is 67.3 Å². The lowest BCUT2D eigenvalue weighted by molar-refractivity contribution is 0.0910. The zero-order chi connectivity index (χ0) is 56.8. The maximum atomic E-state index is 14.0. The van der Waals surface area contributed by atoms with Crippen LogP contribution < -0.4 is 29.1 Å². The van der Waals surface area contributed by atoms with Crippen molar-refractivity contribution >= 4 is 81.6 Å². The van der Waals surface area contributed by atoms with E-state index in [1.165, 1.54) is 84.9 Å². The Hall–Kier alpha value is -11.5. The Bertz CT molecular complexity index is 4190. The topological polar surface area (TPSA) is 202 Å². The molecule has 0 atom stereocenters. The van der Waals surface area contributed by atoms with Crippen molar-refractivity contribution in [1.29, 1.82) is 0 Å². The average molecular weight is 1080 g/mol. The molecule has 0 bridgehead atoms. The number of anilines is 4. The van der Waals surface area contributed by atoms with Crippen LogP contribution in [0.15, 0.2) is 194 Å². The van der Waals surface area contributed by atoms with Crippen LogP contribution in [0.1, 0.15) is 126 Å². The lowest BCUT2D eigenvalue weighted by Gasteiger charge is -2.16. The summed E-state index contributed by atoms with van der Waals surface area (Å²) < 4.78 is 12.4. The Morgan fingerprint density at radius 1 is 0.268 bits per heavy atom. The van der Waals surface area contributed by atoms with Crippen molar-refractivity contribution in [3.63, 3.8) is 0 Å². The van der Waals surface area contributed by atoms with Crippen LogP contribution in [-0.4, -0.2) is 58.8 Å². The Kier molecular flexibility index (Phi) is 11.7. The molecule has 4 aliphatic heterocycles. The van der Waals surface area contributed by atoms with Crippen LogP contribution in [0.5, 0.6) is 23.0 Å². The quantitative estimate of drug-likeness (QED) is 0.0828. The number of amides is 8. The van der Waals surface area contributed by atoms with E-state index in [0.717, 1.165) is 30.7 Å². The highest BCUT2D eigenvalue weighted by molar-refractivity contribution is 6.38. The number of ketones is 2. The molecule has 0 unspecified atom stereocenters. The summed E-state index contributed by atoms with van der Waals surface area (Å²) in [4.78, 5) is 141. The summed E-state index contributed by atoms with van der Waals surface area (Å²) in [5.74, 6) is -4.65. The number of benzene rings is 9. The van der Waals surface area contributed by atoms with Gasteiger partial charge in [-0.3, -0.25) is 47.9 Å². The van der Waals surface area contributed by atoms with Gasteiger partial charge in [0.1, 0.15) is 23.0 Å². The fourth-order valence-corrected chi connectivity index (χ4v) is 10.6. The summed E-state index contributed by atoms with van der Waals surface area (Å²) in [5, 5.41) is 0. The molecular formula is C66H38N4O12. The van der Waals surface area contributed by atoms with Gasteiger partial charge in [-0.25, -0.2) is 19.6 Å². The smallest absolute Gasteiger partial charge is 0.266 e. The Balaban J connectivity index is 0.673. The van der Waals surface area contributed by atoms with E-state index in [1.807, 2.05) is 26.0 Å². The normalized spacial score (nSPS) is 14.2. The van der Waals surface area contributed by atoms with Gasteiger partial charge in [-0.2, -0.15) is 0 Å². The molecule has 0 fully saturated rings. The highest BCUT2D eigenvalue weighted by atomic mass is 16.5. The van der Waals surface area contributed by atoms with E-state index in [9.17, 15) is 47.9 Å². The van der Waals surface area contributed by atoms with E-state index in [1.54, 1.807) is 97.1 Å². The molecule has 13 rings (SSSR count). The summed E-state index contributed by atoms with van der Waals surface area (Å²) in [5.41, 5.74) is 3.94. The maximum absolute atomic E-state index is 14.0. The van der Waals surface area contributed by atoms with E-state index in [-0.39, 0.29) is 89.6 Å². The molecule has 0 saturated heterocycles. The van der Waals surface area contributed by atoms with E-state index in [2.05, 4.69) is 0 Å². The number of aryl methyl sites for hydroxylation is 2. The third-order valence-electron chi connectivity index (χ3n) is 14.5. The molecule has 82 heavy (non-hydrogen) atoms. The van der Waals surface area contributed by atoms with Gasteiger partial charge in [-0.1, -0.05) is 66.7 Å². The van der Waals surface area contributed by atoms with Crippen LogP contribution in [0.25, 0.3) is 0 Å². The number of hydrogen-bond acceptors (Lipinski definition) is 12. The predicted molar refractivity (Wildman–Crippen MR) is 299 cm³/mol. The van der Waals surface area contributed by atoms with Crippen LogP contribution in [0.2, 0.25) is 0 Å². The molecule has 4 heterocycles. The second kappa shape index (κ2) is 19.1. The summed E-state index contributed by atoms with van der Waals surface area (Å²) in [6, 6.07) is 50.0. The second-order valence-electron chi connectivity index (χ2n) is 19.8. The number of imide groups is 4. The molecule has 0 radical (unpaired) electrons. The van der Waals surface area contributed by atoms with Gasteiger partial charge >= 0.3 is 0 Å². The van der Waals surface area contributed by atoms with Crippen molar-refractivity contribution in [2.24, 2.45) is 0 Å². The first-order valence-electron chi connectivity index (χ1n) is 25.6. The van der Waals surface area contributed by atoms with Gasteiger partial charge in [0, 0.05) is 40.5 Å². The van der Waals surface area contributed by atoms with Gasteiger partial charge in [-0.15, -0.1) is 0 Å². The Morgan fingerprint density at radius 2 is 0.512 bits per heavy atom. The molecular weight excluding hydrogens is 1040 g/mol. The van der Waals surface area contributed by atoms with Crippen LogP contribution >= 0.6 is 0 Å². The van der Waals surface area contributed by atoms with Crippen LogP contribution in [0.3, 0.4) is 0 Å². The molecule has 9 aromatic carbocycles. The van der Waals surface area contributed by atoms with Crippen molar-refractivity contribution < 1.29 is 57.4 Å². The zero-order valence-corrected chi connectivity index (χ0v) is 43.2. The molecule has 0 spiro atoms. The van der Waals surface area contributed by atoms with Gasteiger partial charge in [0.2, 0.25) is 0 Å². The predicted octanol–water partition coefficient (Wildman–Crippen LogP) is 11.6. The summed E-state index contributed by atoms with van der Waals surface area (Å²) in [6.07, 6.45) is 0. The first-order valence-corrected chi connectivity index (χ1v) is 25.6. The highest BCUT2D eigenvalue weighted by Gasteiger charge is 2.42. The average Bonchev–Trinajstić information content (AvgIpc) is 4.32. The van der Waals surface area contributed by atoms with Crippen molar-refractivity contribution in [2.45, 2.75) is 13.8 Å². The highest BCUT2D eigenvalue weighted by Crippen LogP contribution is 2.38. The molecule has 0 aromatic heterocycles. The van der Waals surface area contributed by atoms with Gasteiger partial charge in [-0.05, 0) is 134 Å². The first-order chi connectivity index (χ1) is 39.6. The van der Waals surface area contributed by atoms with E-state index >= 15 is 0 Å². The summed E-state index contributed by atoms with van der Waals surface area (Å²) in [6.45, 7) is 3.69. The lowest BCUT2D eigenvalue weighted by atomic mass is 9.96. The fraction of sp³-hybridized carbons (Fsp3) is 0.0303. The Labute approximate surface area is 465 Å². The molecule has 4 aliphatic rings. The minimum Gasteiger partial charge on any atom is -0.457 e. The number of ether oxygens (including phenoxy) is 2. The third-order valence-corrected chi connectivity index (χ3v) is 14.5. The minimum absolute atomic E-state index is 0.00252. The Morgan fingerprint density at radius 3 is 0.805 bits per heavy atom. The molecule has 0 N–H and O–H groups in total. The number of rotatable bonds is 12. The number of hydrogen-bond donors (Lipinski definition) is 0. The van der Waals surface area contributed by atoms with Crippen molar-refractivity contribution in [3.05, 3.63) is 272 Å². The van der Waals surface area contributed by atoms with Gasteiger partial charge < -0.3 is 9.47 Å². The number of nitrogens with zero attached hydrogens (tertiary/aromatic N) is 4. The summed E-state index contributed by atoms with van der Waals surface area (Å²) >= 11 is 0. The standard InChI is InChI=1S/C66H38N4O12/c1-35-8-3-10-41(26-35)67-59(73)49-22-18-37(28-53(49)63(67)77)57(71)39-20-24-51-55(30-39)65(79)69(61(51)75)43-12-5-14-45(32-43)81-47-16-7-17-48(34-47)82-46-15-6-13-44(33-46)70-62(76)52-25-21-40(31-56(52)66(70)80)58(72)38-19-23-50-54(29-38)64(78)68(60(50)74)42-11-4-9-36(2)27-42/h3-34H,1-2H3. The third kappa shape index (κ3) is 8.24. The molecule has 0 saturated carbocycles. The first kappa shape index (κ1) is 50.0. The fourth-order valence-electron chi connectivity index (χ4n) is 10.6. The SMILES string of the molecule is Cc1cccc(N2C(=O)c3ccc(C(=O)c4ccc5c(c4)C(=O)N(c4cccc(Oc6cccc(Oc7cccc(N8C(=O)c9ccc(C(=O)c%10ccc%11c(c%10)C(=O)N(c%10cccc(C)c%10)C%11=O)cc9C8=O)c7)c6)c4)C5=O)cc3C2=O)c1. The van der Waals surface area contributed by atoms with E-state index in [0.29, 0.717) is 22.9 Å². The van der Waals surface area contributed by atoms with Crippen LogP contribution in [-0.2, 0) is 0 Å². The van der Waals surface area contributed by atoms with Crippen molar-refractivity contribution in [3.8, 4) is 23.0 Å². The van der Waals surface area contributed by atoms with E-state index in [4.69, 9.17) is 9.47 Å². The molecule has 394 valence electrons. The lowest BCUT2D eigenvalue weighted by Crippen LogP contribution is -2.29. The molecule has 16 heteroatoms. The molecule has 8 amide bonds. The van der Waals surface area contributed by atoms with Crippen LogP contribution in [0.4, 0.5) is 22.7 Å². The molecule has 16 nitrogen and oxygen atoms in total. The van der Waals surface area contributed by atoms with Crippen molar-refractivity contribution in [1.82, 2.24) is 0 Å². The minimum atomic E-state index is -0.675. The van der Waals surface area contributed by atoms with Gasteiger partial charge in [0.15, 0.2) is 11.6 Å². The second-order valence-corrected chi connectivity index (χ2v) is 19.8. The van der Waals surface area contributed by atoms with Gasteiger partial charge in [0.25, 0.3) is 47.3 Å². The van der Waals surface area contributed by atoms with Crippen LogP contribution in [0, 0.1) is 13.8 Å². The number of carbonyl (C=O) groups is 10. The zero-order valence-electron chi connectivity index (χ0n) is 43.2. The van der Waals surface area contributed by atoms with Crippen molar-refractivity contribution in [2.75, 3.05) is 19.6 Å². The number of carbonyl (C=O) groups excluding carboxylic acids is 10. The number of fused-ring (bicyclic) bond motifs is 4. The summed E-state index contributed by atoms with van der Waals surface area (Å²) in [7, 11) is 0. The molecule has 0 aliphatic carbocycles. The maximum Gasteiger partial charge on any atom is 0.266 e. The largest absolute Gasteiger partial charge is 0.457 e. The monoisotopic (exact) mass is 1080 g/mol. The van der Waals surface area contributed by atoms with E-state index < -0.39 is 58.8 Å². The molecule has 9 aromatic rings.